The molecule has 4 atom stereocenters. The van der Waals surface area contributed by atoms with Crippen molar-refractivity contribution in [3.8, 4) is 0 Å². The summed E-state index contributed by atoms with van der Waals surface area (Å²) in [4.78, 5) is 2.65. The zero-order chi connectivity index (χ0) is 12.3. The van der Waals surface area contributed by atoms with Gasteiger partial charge in [0.2, 0.25) is 0 Å². The Morgan fingerprint density at radius 2 is 2.00 bits per heavy atom. The second kappa shape index (κ2) is 6.19. The lowest BCUT2D eigenvalue weighted by Gasteiger charge is -2.36. The molecular weight excluding hydrogens is 208 g/mol. The Hall–Kier alpha value is -0.0800. The molecule has 1 heterocycles. The summed E-state index contributed by atoms with van der Waals surface area (Å²) in [7, 11) is 0. The second-order valence-corrected chi connectivity index (χ2v) is 6.66. The highest BCUT2D eigenvalue weighted by Crippen LogP contribution is 2.31. The lowest BCUT2D eigenvalue weighted by molar-refractivity contribution is 0.145. The largest absolute Gasteiger partial charge is 0.327 e. The molecule has 1 aliphatic carbocycles. The van der Waals surface area contributed by atoms with Crippen LogP contribution in [0, 0.1) is 17.8 Å². The van der Waals surface area contributed by atoms with E-state index < -0.39 is 0 Å². The summed E-state index contributed by atoms with van der Waals surface area (Å²) in [6.45, 7) is 8.50. The number of hydrogen-bond donors (Lipinski definition) is 1. The normalized spacial score (nSPS) is 40.4. The minimum absolute atomic E-state index is 0.445. The first-order valence-corrected chi connectivity index (χ1v) is 7.63. The Labute approximate surface area is 107 Å². The minimum Gasteiger partial charge on any atom is -0.327 e. The van der Waals surface area contributed by atoms with Gasteiger partial charge >= 0.3 is 0 Å². The van der Waals surface area contributed by atoms with Gasteiger partial charge in [-0.05, 0) is 50.1 Å². The molecule has 2 fully saturated rings. The van der Waals surface area contributed by atoms with E-state index in [0.29, 0.717) is 12.0 Å². The number of nitrogens with zero attached hydrogens (tertiary/aromatic N) is 1. The number of likely N-dealkylation sites (tertiary alicyclic amines) is 1. The fourth-order valence-corrected chi connectivity index (χ4v) is 3.64. The summed E-state index contributed by atoms with van der Waals surface area (Å²) in [6, 6.07) is 0.445. The molecule has 0 radical (unpaired) electrons. The summed E-state index contributed by atoms with van der Waals surface area (Å²) in [5.74, 6) is 2.67. The quantitative estimate of drug-likeness (QED) is 0.819. The average Bonchev–Trinajstić information content (AvgIpc) is 2.31. The lowest BCUT2D eigenvalue weighted by Crippen LogP contribution is -2.46. The Morgan fingerprint density at radius 1 is 1.18 bits per heavy atom. The van der Waals surface area contributed by atoms with Crippen molar-refractivity contribution in [3.05, 3.63) is 0 Å². The molecule has 0 aromatic heterocycles. The SMILES string of the molecule is CC1CCCC(CCN2CCC(N)C(C)C2)C1. The molecule has 1 saturated heterocycles. The summed E-state index contributed by atoms with van der Waals surface area (Å²) in [6.07, 6.45) is 8.50. The number of rotatable bonds is 3. The highest BCUT2D eigenvalue weighted by Gasteiger charge is 2.24. The Bertz CT molecular complexity index is 229. The third-order valence-electron chi connectivity index (χ3n) is 4.95. The highest BCUT2D eigenvalue weighted by molar-refractivity contribution is 4.81. The lowest BCUT2D eigenvalue weighted by atomic mass is 9.80. The van der Waals surface area contributed by atoms with Crippen molar-refractivity contribution < 1.29 is 0 Å². The Morgan fingerprint density at radius 3 is 2.71 bits per heavy atom. The number of nitrogens with two attached hydrogens (primary N) is 1. The van der Waals surface area contributed by atoms with Crippen molar-refractivity contribution in [2.24, 2.45) is 23.5 Å². The van der Waals surface area contributed by atoms with Gasteiger partial charge in [0.05, 0.1) is 0 Å². The van der Waals surface area contributed by atoms with E-state index in [2.05, 4.69) is 18.7 Å². The predicted molar refractivity (Wildman–Crippen MR) is 73.9 cm³/mol. The molecular formula is C15H30N2. The molecule has 2 N–H and O–H groups in total. The fraction of sp³-hybridized carbons (Fsp3) is 1.00. The second-order valence-electron chi connectivity index (χ2n) is 6.66. The van der Waals surface area contributed by atoms with E-state index in [9.17, 15) is 0 Å². The monoisotopic (exact) mass is 238 g/mol. The van der Waals surface area contributed by atoms with Crippen LogP contribution in [0.3, 0.4) is 0 Å². The first kappa shape index (κ1) is 13.4. The summed E-state index contributed by atoms with van der Waals surface area (Å²) in [5, 5.41) is 0. The van der Waals surface area contributed by atoms with Crippen LogP contribution < -0.4 is 5.73 Å². The van der Waals surface area contributed by atoms with Crippen LogP contribution in [0.5, 0.6) is 0 Å². The van der Waals surface area contributed by atoms with E-state index in [4.69, 9.17) is 5.73 Å². The predicted octanol–water partition coefficient (Wildman–Crippen LogP) is 2.87. The third-order valence-corrected chi connectivity index (χ3v) is 4.95. The standard InChI is InChI=1S/C15H30N2/c1-12-4-3-5-14(10-12)6-8-17-9-7-15(16)13(2)11-17/h12-15H,3-11,16H2,1-2H3. The van der Waals surface area contributed by atoms with Gasteiger partial charge < -0.3 is 10.6 Å². The number of hydrogen-bond acceptors (Lipinski definition) is 2. The van der Waals surface area contributed by atoms with Gasteiger partial charge in [0.1, 0.15) is 0 Å². The topological polar surface area (TPSA) is 29.3 Å². The van der Waals surface area contributed by atoms with E-state index in [1.165, 1.54) is 58.2 Å². The molecule has 17 heavy (non-hydrogen) atoms. The molecule has 2 heteroatoms. The van der Waals surface area contributed by atoms with Crippen molar-refractivity contribution in [2.75, 3.05) is 19.6 Å². The van der Waals surface area contributed by atoms with Gasteiger partial charge in [-0.3, -0.25) is 0 Å². The maximum absolute atomic E-state index is 6.07. The molecule has 4 unspecified atom stereocenters. The molecule has 1 aliphatic heterocycles. The van der Waals surface area contributed by atoms with Crippen LogP contribution in [-0.2, 0) is 0 Å². The van der Waals surface area contributed by atoms with E-state index in [1.54, 1.807) is 0 Å². The molecule has 0 spiro atoms. The van der Waals surface area contributed by atoms with Gasteiger partial charge in [-0.25, -0.2) is 0 Å². The van der Waals surface area contributed by atoms with E-state index in [0.717, 1.165) is 11.8 Å². The van der Waals surface area contributed by atoms with Crippen LogP contribution in [0.4, 0.5) is 0 Å². The van der Waals surface area contributed by atoms with E-state index >= 15 is 0 Å². The maximum atomic E-state index is 6.07. The molecule has 2 rings (SSSR count). The fourth-order valence-electron chi connectivity index (χ4n) is 3.64. The molecule has 100 valence electrons. The molecule has 1 saturated carbocycles. The van der Waals surface area contributed by atoms with Crippen LogP contribution >= 0.6 is 0 Å². The summed E-state index contributed by atoms with van der Waals surface area (Å²) >= 11 is 0. The van der Waals surface area contributed by atoms with E-state index in [-0.39, 0.29) is 0 Å². The van der Waals surface area contributed by atoms with Crippen molar-refractivity contribution in [1.82, 2.24) is 4.90 Å². The van der Waals surface area contributed by atoms with Gasteiger partial charge in [-0.15, -0.1) is 0 Å². The van der Waals surface area contributed by atoms with Crippen LogP contribution in [0.2, 0.25) is 0 Å². The van der Waals surface area contributed by atoms with Crippen molar-refractivity contribution in [2.45, 2.75) is 58.4 Å². The molecule has 0 bridgehead atoms. The molecule has 2 aliphatic rings. The van der Waals surface area contributed by atoms with Crippen molar-refractivity contribution in [3.63, 3.8) is 0 Å². The van der Waals surface area contributed by atoms with Gasteiger partial charge in [0, 0.05) is 12.6 Å². The molecule has 0 aromatic rings. The molecule has 0 amide bonds. The zero-order valence-corrected chi connectivity index (χ0v) is 11.7. The Balaban J connectivity index is 1.67. The highest BCUT2D eigenvalue weighted by atomic mass is 15.1. The van der Waals surface area contributed by atoms with Crippen LogP contribution in [0.15, 0.2) is 0 Å². The van der Waals surface area contributed by atoms with Crippen LogP contribution in [-0.4, -0.2) is 30.6 Å². The van der Waals surface area contributed by atoms with Crippen LogP contribution in [0.25, 0.3) is 0 Å². The van der Waals surface area contributed by atoms with Crippen molar-refractivity contribution in [1.29, 1.82) is 0 Å². The van der Waals surface area contributed by atoms with Gasteiger partial charge in [-0.2, -0.15) is 0 Å². The third kappa shape index (κ3) is 3.96. The smallest absolute Gasteiger partial charge is 0.00889 e. The van der Waals surface area contributed by atoms with Crippen LogP contribution in [0.1, 0.15) is 52.4 Å². The molecule has 0 aromatic carbocycles. The molecule has 2 nitrogen and oxygen atoms in total. The van der Waals surface area contributed by atoms with Gasteiger partial charge in [0.25, 0.3) is 0 Å². The zero-order valence-electron chi connectivity index (χ0n) is 11.7. The first-order valence-electron chi connectivity index (χ1n) is 7.63. The summed E-state index contributed by atoms with van der Waals surface area (Å²) < 4.78 is 0. The van der Waals surface area contributed by atoms with Gasteiger partial charge in [0.15, 0.2) is 0 Å². The van der Waals surface area contributed by atoms with E-state index in [1.807, 2.05) is 0 Å². The first-order chi connectivity index (χ1) is 8.15. The van der Waals surface area contributed by atoms with Gasteiger partial charge in [-0.1, -0.05) is 33.1 Å². The maximum Gasteiger partial charge on any atom is 0.00889 e. The number of piperidine rings is 1. The summed E-state index contributed by atoms with van der Waals surface area (Å²) in [5.41, 5.74) is 6.07. The minimum atomic E-state index is 0.445. The van der Waals surface area contributed by atoms with Crippen molar-refractivity contribution >= 4 is 0 Å². The Kier molecular flexibility index (Phi) is 4.87. The average molecular weight is 238 g/mol.